The van der Waals surface area contributed by atoms with Crippen molar-refractivity contribution in [1.29, 1.82) is 0 Å². The average molecular weight is 362 g/mol. The van der Waals surface area contributed by atoms with Gasteiger partial charge in [-0.05, 0) is 24.6 Å². The highest BCUT2D eigenvalue weighted by molar-refractivity contribution is 5.77. The summed E-state index contributed by atoms with van der Waals surface area (Å²) in [5.74, 6) is -1.24. The van der Waals surface area contributed by atoms with Crippen LogP contribution in [0.3, 0.4) is 0 Å². The third-order valence-electron chi connectivity index (χ3n) is 4.97. The van der Waals surface area contributed by atoms with E-state index in [1.54, 1.807) is 25.1 Å². The van der Waals surface area contributed by atoms with Gasteiger partial charge in [0.05, 0.1) is 32.8 Å². The zero-order valence-corrected chi connectivity index (χ0v) is 15.1. The van der Waals surface area contributed by atoms with E-state index in [9.17, 15) is 14.7 Å². The summed E-state index contributed by atoms with van der Waals surface area (Å²) in [5.41, 5.74) is -0.101. The van der Waals surface area contributed by atoms with Gasteiger partial charge in [-0.15, -0.1) is 0 Å². The van der Waals surface area contributed by atoms with Gasteiger partial charge >= 0.3 is 5.97 Å². The zero-order chi connectivity index (χ0) is 19.1. The lowest BCUT2D eigenvalue weighted by Gasteiger charge is -2.40. The second-order valence-corrected chi connectivity index (χ2v) is 6.60. The molecule has 0 unspecified atom stereocenters. The molecule has 26 heavy (non-hydrogen) atoms. The van der Waals surface area contributed by atoms with Gasteiger partial charge in [-0.3, -0.25) is 14.7 Å². The Morgan fingerprint density at radius 1 is 1.19 bits per heavy atom. The fraction of sp³-hybridized carbons (Fsp3) is 0.444. The predicted octanol–water partition coefficient (Wildman–Crippen LogP) is 0.948. The van der Waals surface area contributed by atoms with Gasteiger partial charge in [0.15, 0.2) is 11.5 Å². The number of nitrogens with one attached hydrogen (secondary N) is 2. The minimum atomic E-state index is -1.40. The molecule has 8 heteroatoms. The molecule has 0 aliphatic heterocycles. The molecular formula is C18H22N2O6. The van der Waals surface area contributed by atoms with Gasteiger partial charge < -0.3 is 24.4 Å². The molecule has 0 saturated heterocycles. The van der Waals surface area contributed by atoms with Crippen LogP contribution in [0.1, 0.15) is 29.7 Å². The quantitative estimate of drug-likeness (QED) is 0.698. The molecule has 3 atom stereocenters. The van der Waals surface area contributed by atoms with E-state index >= 15 is 0 Å². The fourth-order valence-corrected chi connectivity index (χ4v) is 3.79. The van der Waals surface area contributed by atoms with Crippen LogP contribution in [0.2, 0.25) is 0 Å². The van der Waals surface area contributed by atoms with Gasteiger partial charge in [-0.1, -0.05) is 6.07 Å². The molecule has 0 amide bonds. The van der Waals surface area contributed by atoms with Crippen LogP contribution in [0.5, 0.6) is 11.5 Å². The number of hydrogen-bond acceptors (Lipinski definition) is 6. The van der Waals surface area contributed by atoms with Crippen LogP contribution in [-0.4, -0.2) is 48.2 Å². The first kappa shape index (κ1) is 18.1. The Hall–Kier alpha value is -2.74. The molecule has 0 saturated carbocycles. The number of methoxy groups -OCH3 is 3. The highest BCUT2D eigenvalue weighted by Gasteiger charge is 2.51. The summed E-state index contributed by atoms with van der Waals surface area (Å²) in [6.45, 7) is 1.57. The Bertz CT molecular complexity index is 882. The van der Waals surface area contributed by atoms with Crippen molar-refractivity contribution in [3.8, 4) is 11.5 Å². The first-order chi connectivity index (χ1) is 12.3. The molecule has 0 spiro atoms. The van der Waals surface area contributed by atoms with Crippen LogP contribution in [0.4, 0.5) is 0 Å². The summed E-state index contributed by atoms with van der Waals surface area (Å²) in [6, 6.07) is 5.16. The molecule has 140 valence electrons. The highest BCUT2D eigenvalue weighted by atomic mass is 16.5. The van der Waals surface area contributed by atoms with E-state index in [0.29, 0.717) is 28.3 Å². The van der Waals surface area contributed by atoms with E-state index < -0.39 is 23.4 Å². The molecule has 1 heterocycles. The van der Waals surface area contributed by atoms with Crippen molar-refractivity contribution in [2.45, 2.75) is 24.9 Å². The Morgan fingerprint density at radius 2 is 1.88 bits per heavy atom. The van der Waals surface area contributed by atoms with Gasteiger partial charge in [0.2, 0.25) is 0 Å². The number of aromatic nitrogens is 2. The largest absolute Gasteiger partial charge is 0.493 e. The number of aliphatic hydroxyl groups is 1. The molecular weight excluding hydrogens is 340 g/mol. The molecule has 1 aliphatic rings. The van der Waals surface area contributed by atoms with Crippen molar-refractivity contribution in [3.05, 3.63) is 45.4 Å². The van der Waals surface area contributed by atoms with Crippen molar-refractivity contribution < 1.29 is 24.1 Å². The molecule has 0 bridgehead atoms. The molecule has 2 aromatic rings. The first-order valence-corrected chi connectivity index (χ1v) is 8.15. The minimum Gasteiger partial charge on any atom is -0.493 e. The van der Waals surface area contributed by atoms with E-state index in [1.165, 1.54) is 21.3 Å². The molecule has 8 nitrogen and oxygen atoms in total. The van der Waals surface area contributed by atoms with E-state index in [-0.39, 0.29) is 12.0 Å². The average Bonchev–Trinajstić information content (AvgIpc) is 2.98. The van der Waals surface area contributed by atoms with Crippen LogP contribution in [0.15, 0.2) is 23.0 Å². The summed E-state index contributed by atoms with van der Waals surface area (Å²) < 4.78 is 15.5. The van der Waals surface area contributed by atoms with E-state index in [4.69, 9.17) is 14.2 Å². The molecule has 0 radical (unpaired) electrons. The second-order valence-electron chi connectivity index (χ2n) is 6.60. The Labute approximate surface area is 150 Å². The molecule has 3 N–H and O–H groups in total. The van der Waals surface area contributed by atoms with Crippen molar-refractivity contribution in [3.63, 3.8) is 0 Å². The number of carbonyl (C=O) groups excluding carboxylic acids is 1. The lowest BCUT2D eigenvalue weighted by molar-refractivity contribution is -0.156. The van der Waals surface area contributed by atoms with Gasteiger partial charge in [-0.2, -0.15) is 0 Å². The van der Waals surface area contributed by atoms with Crippen molar-refractivity contribution in [1.82, 2.24) is 10.2 Å². The van der Waals surface area contributed by atoms with E-state index in [1.807, 2.05) is 0 Å². The predicted molar refractivity (Wildman–Crippen MR) is 92.6 cm³/mol. The van der Waals surface area contributed by atoms with Crippen LogP contribution >= 0.6 is 0 Å². The van der Waals surface area contributed by atoms with Crippen molar-refractivity contribution in [2.24, 2.45) is 5.92 Å². The summed E-state index contributed by atoms with van der Waals surface area (Å²) in [4.78, 5) is 24.9. The van der Waals surface area contributed by atoms with Crippen LogP contribution in [0.25, 0.3) is 0 Å². The molecule has 1 aromatic heterocycles. The number of H-pyrrole nitrogens is 2. The molecule has 1 aromatic carbocycles. The summed E-state index contributed by atoms with van der Waals surface area (Å²) >= 11 is 0. The standard InChI is InChI=1S/C18H22N2O6/c1-18(23)8-10-14(16(21)20-19-10)13(15(18)17(22)26-4)9-5-6-11(24-2)12(7-9)25-3/h5-7,13,15,23H,8H2,1-4H3,(H2,19,20,21)/t13-,15+,18+/m1/s1. The number of hydrogen-bond donors (Lipinski definition) is 3. The number of carbonyl (C=O) groups is 1. The third-order valence-corrected chi connectivity index (χ3v) is 4.97. The molecule has 0 fully saturated rings. The summed E-state index contributed by atoms with van der Waals surface area (Å²) in [5, 5.41) is 16.3. The molecule has 1 aliphatic carbocycles. The normalized spacial score (nSPS) is 24.7. The fourth-order valence-electron chi connectivity index (χ4n) is 3.79. The van der Waals surface area contributed by atoms with Crippen LogP contribution < -0.4 is 15.0 Å². The molecule has 3 rings (SSSR count). The first-order valence-electron chi connectivity index (χ1n) is 8.15. The number of benzene rings is 1. The lowest BCUT2D eigenvalue weighted by atomic mass is 9.66. The maximum atomic E-state index is 12.5. The topological polar surface area (TPSA) is 114 Å². The third kappa shape index (κ3) is 2.76. The Morgan fingerprint density at radius 3 is 2.50 bits per heavy atom. The monoisotopic (exact) mass is 362 g/mol. The Kier molecular flexibility index (Phi) is 4.53. The van der Waals surface area contributed by atoms with Gasteiger partial charge in [-0.25, -0.2) is 0 Å². The minimum absolute atomic E-state index is 0.130. The van der Waals surface area contributed by atoms with Gasteiger partial charge in [0.25, 0.3) is 5.56 Å². The SMILES string of the molecule is COC(=O)[C@@H]1[C@H](c2ccc(OC)c(OC)c2)c2c([nH][nH]c2=O)C[C@]1(C)O. The van der Waals surface area contributed by atoms with E-state index in [0.717, 1.165) is 0 Å². The van der Waals surface area contributed by atoms with Gasteiger partial charge in [0, 0.05) is 23.6 Å². The van der Waals surface area contributed by atoms with Crippen molar-refractivity contribution >= 4 is 5.97 Å². The Balaban J connectivity index is 2.25. The maximum Gasteiger partial charge on any atom is 0.312 e. The van der Waals surface area contributed by atoms with Gasteiger partial charge in [0.1, 0.15) is 0 Å². The zero-order valence-electron chi connectivity index (χ0n) is 15.1. The lowest BCUT2D eigenvalue weighted by Crippen LogP contribution is -2.49. The number of esters is 1. The highest BCUT2D eigenvalue weighted by Crippen LogP contribution is 2.45. The summed E-state index contributed by atoms with van der Waals surface area (Å²) in [6.07, 6.45) is 0.130. The smallest absolute Gasteiger partial charge is 0.312 e. The number of fused-ring (bicyclic) bond motifs is 1. The van der Waals surface area contributed by atoms with Crippen molar-refractivity contribution in [2.75, 3.05) is 21.3 Å². The second kappa shape index (κ2) is 6.53. The van der Waals surface area contributed by atoms with E-state index in [2.05, 4.69) is 10.2 Å². The van der Waals surface area contributed by atoms with Crippen LogP contribution in [0, 0.1) is 5.92 Å². The number of ether oxygens (including phenoxy) is 3. The maximum absolute atomic E-state index is 12.5. The number of rotatable bonds is 4. The summed E-state index contributed by atoms with van der Waals surface area (Å²) in [7, 11) is 4.29. The van der Waals surface area contributed by atoms with Crippen LogP contribution in [-0.2, 0) is 16.0 Å². The number of aromatic amines is 2.